The Morgan fingerprint density at radius 2 is 2.32 bits per heavy atom. The van der Waals surface area contributed by atoms with Crippen LogP contribution in [0.15, 0.2) is 10.6 Å². The van der Waals surface area contributed by atoms with Gasteiger partial charge in [-0.15, -0.1) is 0 Å². The monoisotopic (exact) mass is 326 g/mol. The maximum Gasteiger partial charge on any atom is 0.134 e. The molecular weight excluding hydrogens is 308 g/mol. The van der Waals surface area contributed by atoms with Crippen molar-refractivity contribution in [2.75, 3.05) is 26.3 Å². The van der Waals surface area contributed by atoms with Crippen molar-refractivity contribution in [2.45, 2.75) is 19.6 Å². The van der Waals surface area contributed by atoms with Crippen LogP contribution in [0.1, 0.15) is 11.3 Å². The molecule has 0 aliphatic carbocycles. The lowest BCUT2D eigenvalue weighted by Crippen LogP contribution is -2.32. The van der Waals surface area contributed by atoms with Gasteiger partial charge in [0.05, 0.1) is 19.3 Å². The predicted octanol–water partition coefficient (Wildman–Crippen LogP) is 1.23. The number of aryl methyl sites for hydroxylation is 2. The highest BCUT2D eigenvalue weighted by atomic mass is 35.5. The van der Waals surface area contributed by atoms with Crippen molar-refractivity contribution in [2.24, 2.45) is 7.05 Å². The van der Waals surface area contributed by atoms with E-state index in [1.807, 2.05) is 13.0 Å². The molecule has 1 N–H and O–H groups in total. The third kappa shape index (κ3) is 3.17. The number of aliphatic hydroxyl groups excluding tert-OH is 1. The Bertz CT molecular complexity index is 655. The minimum Gasteiger partial charge on any atom is -0.389 e. The molecule has 2 aromatic rings. The molecule has 0 radical (unpaired) electrons. The van der Waals surface area contributed by atoms with Gasteiger partial charge in [0.15, 0.2) is 0 Å². The van der Waals surface area contributed by atoms with Crippen molar-refractivity contribution < 1.29 is 14.4 Å². The van der Waals surface area contributed by atoms with Crippen LogP contribution in [0.5, 0.6) is 0 Å². The van der Waals surface area contributed by atoms with Gasteiger partial charge in [0, 0.05) is 38.3 Å². The molecule has 3 heterocycles. The van der Waals surface area contributed by atoms with Gasteiger partial charge in [-0.1, -0.05) is 16.8 Å². The normalized spacial score (nSPS) is 20.3. The molecule has 1 saturated heterocycles. The van der Waals surface area contributed by atoms with Gasteiger partial charge in [-0.3, -0.25) is 9.58 Å². The van der Waals surface area contributed by atoms with Crippen LogP contribution in [0.4, 0.5) is 0 Å². The van der Waals surface area contributed by atoms with Gasteiger partial charge in [-0.2, -0.15) is 5.10 Å². The second-order valence-corrected chi connectivity index (χ2v) is 5.89. The highest BCUT2D eigenvalue weighted by molar-refractivity contribution is 6.30. The van der Waals surface area contributed by atoms with Crippen LogP contribution in [0.2, 0.25) is 5.15 Å². The van der Waals surface area contributed by atoms with E-state index >= 15 is 0 Å². The van der Waals surface area contributed by atoms with Crippen molar-refractivity contribution in [3.05, 3.63) is 22.5 Å². The maximum absolute atomic E-state index is 9.85. The Morgan fingerprint density at radius 1 is 1.50 bits per heavy atom. The van der Waals surface area contributed by atoms with Gasteiger partial charge in [0.2, 0.25) is 0 Å². The maximum atomic E-state index is 9.85. The summed E-state index contributed by atoms with van der Waals surface area (Å²) in [5.74, 6) is 0.723. The fourth-order valence-electron chi connectivity index (χ4n) is 2.59. The van der Waals surface area contributed by atoms with E-state index in [0.717, 1.165) is 17.9 Å². The topological polar surface area (TPSA) is 76.6 Å². The first-order chi connectivity index (χ1) is 10.5. The number of aromatic nitrogens is 3. The fraction of sp³-hybridized carbons (Fsp3) is 0.571. The molecule has 120 valence electrons. The summed E-state index contributed by atoms with van der Waals surface area (Å²) in [6.45, 7) is 4.65. The summed E-state index contributed by atoms with van der Waals surface area (Å²) in [4.78, 5) is 2.11. The fourth-order valence-corrected chi connectivity index (χ4v) is 2.78. The molecule has 0 amide bonds. The van der Waals surface area contributed by atoms with Crippen molar-refractivity contribution in [3.8, 4) is 11.4 Å². The highest BCUT2D eigenvalue weighted by Crippen LogP contribution is 2.29. The summed E-state index contributed by atoms with van der Waals surface area (Å²) in [5.41, 5.74) is 2.26. The van der Waals surface area contributed by atoms with E-state index in [4.69, 9.17) is 20.9 Å². The molecule has 8 heteroatoms. The lowest BCUT2D eigenvalue weighted by molar-refractivity contribution is 0.0562. The molecule has 3 rings (SSSR count). The average molecular weight is 327 g/mol. The molecule has 7 nitrogen and oxygen atoms in total. The first-order valence-corrected chi connectivity index (χ1v) is 7.55. The van der Waals surface area contributed by atoms with Gasteiger partial charge < -0.3 is 14.4 Å². The molecular formula is C14H19ClN4O3. The third-order valence-corrected chi connectivity index (χ3v) is 4.13. The van der Waals surface area contributed by atoms with E-state index in [0.29, 0.717) is 42.8 Å². The number of aliphatic hydroxyl groups is 1. The molecule has 0 bridgehead atoms. The van der Waals surface area contributed by atoms with Crippen molar-refractivity contribution in [3.63, 3.8) is 0 Å². The quantitative estimate of drug-likeness (QED) is 0.914. The summed E-state index contributed by atoms with van der Waals surface area (Å²) in [5, 5.41) is 18.9. The second kappa shape index (κ2) is 6.37. The molecule has 1 aliphatic heterocycles. The van der Waals surface area contributed by atoms with Crippen molar-refractivity contribution in [1.29, 1.82) is 0 Å². The molecule has 1 atom stereocenters. The smallest absolute Gasteiger partial charge is 0.134 e. The Kier molecular flexibility index (Phi) is 4.49. The molecule has 2 aromatic heterocycles. The van der Waals surface area contributed by atoms with E-state index in [2.05, 4.69) is 15.2 Å². The van der Waals surface area contributed by atoms with Gasteiger partial charge >= 0.3 is 0 Å². The van der Waals surface area contributed by atoms with Crippen LogP contribution < -0.4 is 0 Å². The molecule has 0 unspecified atom stereocenters. The number of hydrogen-bond donors (Lipinski definition) is 1. The largest absolute Gasteiger partial charge is 0.389 e. The van der Waals surface area contributed by atoms with E-state index in [9.17, 15) is 5.11 Å². The molecule has 1 aliphatic rings. The van der Waals surface area contributed by atoms with Gasteiger partial charge in [-0.25, -0.2) is 0 Å². The van der Waals surface area contributed by atoms with Crippen LogP contribution in [-0.4, -0.2) is 57.4 Å². The zero-order chi connectivity index (χ0) is 15.7. The zero-order valence-electron chi connectivity index (χ0n) is 12.6. The number of hydrogen-bond acceptors (Lipinski definition) is 6. The molecule has 1 fully saturated rings. The SMILES string of the molecule is Cc1cc(-c2nn(C)c(Cl)c2CN2CCOC[C@H](O)C2)no1. The van der Waals surface area contributed by atoms with Gasteiger partial charge in [-0.05, 0) is 6.92 Å². The summed E-state index contributed by atoms with van der Waals surface area (Å²) in [6.07, 6.45) is -0.490. The third-order valence-electron chi connectivity index (χ3n) is 3.65. The number of ether oxygens (including phenoxy) is 1. The summed E-state index contributed by atoms with van der Waals surface area (Å²) in [6, 6.07) is 1.84. The summed E-state index contributed by atoms with van der Waals surface area (Å²) >= 11 is 6.39. The number of halogens is 1. The Balaban J connectivity index is 1.89. The highest BCUT2D eigenvalue weighted by Gasteiger charge is 2.23. The summed E-state index contributed by atoms with van der Waals surface area (Å²) < 4.78 is 12.1. The summed E-state index contributed by atoms with van der Waals surface area (Å²) in [7, 11) is 1.79. The van der Waals surface area contributed by atoms with E-state index < -0.39 is 6.10 Å². The Labute approximate surface area is 133 Å². The van der Waals surface area contributed by atoms with Crippen LogP contribution >= 0.6 is 11.6 Å². The molecule has 0 aromatic carbocycles. The minimum atomic E-state index is -0.490. The molecule has 22 heavy (non-hydrogen) atoms. The van der Waals surface area contributed by atoms with E-state index in [-0.39, 0.29) is 0 Å². The van der Waals surface area contributed by atoms with Crippen LogP contribution in [0.3, 0.4) is 0 Å². The Hall–Kier alpha value is -1.41. The van der Waals surface area contributed by atoms with Gasteiger partial charge in [0.25, 0.3) is 0 Å². The van der Waals surface area contributed by atoms with Crippen molar-refractivity contribution in [1.82, 2.24) is 19.8 Å². The van der Waals surface area contributed by atoms with Crippen LogP contribution in [0.25, 0.3) is 11.4 Å². The number of rotatable bonds is 3. The van der Waals surface area contributed by atoms with E-state index in [1.165, 1.54) is 0 Å². The zero-order valence-corrected chi connectivity index (χ0v) is 13.4. The second-order valence-electron chi connectivity index (χ2n) is 5.53. The molecule has 0 saturated carbocycles. The lowest BCUT2D eigenvalue weighted by atomic mass is 10.1. The van der Waals surface area contributed by atoms with Gasteiger partial charge in [0.1, 0.15) is 22.3 Å². The average Bonchev–Trinajstić information content (AvgIpc) is 2.93. The van der Waals surface area contributed by atoms with Crippen LogP contribution in [-0.2, 0) is 18.3 Å². The first-order valence-electron chi connectivity index (χ1n) is 7.18. The first kappa shape index (κ1) is 15.5. The minimum absolute atomic E-state index is 0.368. The predicted molar refractivity (Wildman–Crippen MR) is 80.6 cm³/mol. The molecule has 0 spiro atoms. The standard InChI is InChI=1S/C14H19ClN4O3/c1-9-5-12(17-22-9)13-11(14(15)18(2)16-13)7-19-3-4-21-8-10(20)6-19/h5,10,20H,3-4,6-8H2,1-2H3/t10-/m1/s1. The van der Waals surface area contributed by atoms with Crippen molar-refractivity contribution >= 4 is 11.6 Å². The number of nitrogens with zero attached hydrogens (tertiary/aromatic N) is 4. The van der Waals surface area contributed by atoms with E-state index in [1.54, 1.807) is 11.7 Å². The lowest BCUT2D eigenvalue weighted by Gasteiger charge is -2.20. The van der Waals surface area contributed by atoms with Crippen LogP contribution in [0, 0.1) is 6.92 Å². The number of β-amino-alcohol motifs (C(OH)–C–C–N with tert-alkyl or cyclic N) is 1. The Morgan fingerprint density at radius 3 is 3.05 bits per heavy atom.